The number of anilines is 5. The maximum absolute atomic E-state index is 12.5. The Hall–Kier alpha value is -3.65. The van der Waals surface area contributed by atoms with Gasteiger partial charge in [0.2, 0.25) is 5.95 Å². The number of amides is 1. The number of aryl methyl sites for hydroxylation is 1. The largest absolute Gasteiger partial charge is 0.369 e. The van der Waals surface area contributed by atoms with E-state index in [2.05, 4.69) is 67.0 Å². The van der Waals surface area contributed by atoms with Gasteiger partial charge < -0.3 is 25.8 Å². The Morgan fingerprint density at radius 2 is 1.66 bits per heavy atom. The monoisotopic (exact) mass is 473 g/mol. The maximum atomic E-state index is 12.5. The van der Waals surface area contributed by atoms with Crippen LogP contribution in [0, 0.1) is 6.92 Å². The highest BCUT2D eigenvalue weighted by atomic mass is 16.1. The van der Waals surface area contributed by atoms with Gasteiger partial charge in [-0.15, -0.1) is 0 Å². The molecule has 0 saturated carbocycles. The molecule has 1 aliphatic heterocycles. The number of aromatic nitrogens is 2. The normalized spacial score (nSPS) is 14.5. The summed E-state index contributed by atoms with van der Waals surface area (Å²) in [6.07, 6.45) is 1.78. The number of carbonyl (C=O) groups excluding carboxylic acids is 1. The van der Waals surface area contributed by atoms with Crippen LogP contribution in [0.4, 0.5) is 28.8 Å². The second-order valence-corrected chi connectivity index (χ2v) is 10.1. The Morgan fingerprint density at radius 3 is 2.34 bits per heavy atom. The molecule has 1 fully saturated rings. The van der Waals surface area contributed by atoms with Crippen LogP contribution < -0.4 is 20.9 Å². The Labute approximate surface area is 207 Å². The molecule has 8 heteroatoms. The van der Waals surface area contributed by atoms with Crippen LogP contribution in [-0.4, -0.2) is 59.5 Å². The van der Waals surface area contributed by atoms with Crippen LogP contribution in [0.1, 0.15) is 36.7 Å². The Kier molecular flexibility index (Phi) is 7.21. The van der Waals surface area contributed by atoms with Crippen molar-refractivity contribution < 1.29 is 4.79 Å². The van der Waals surface area contributed by atoms with Gasteiger partial charge in [-0.05, 0) is 77.2 Å². The molecule has 1 amide bonds. The number of likely N-dealkylation sites (N-methyl/N-ethyl adjacent to an activating group) is 1. The van der Waals surface area contributed by atoms with Gasteiger partial charge in [-0.25, -0.2) is 4.98 Å². The summed E-state index contributed by atoms with van der Waals surface area (Å²) in [4.78, 5) is 26.4. The number of benzene rings is 2. The molecular formula is C27H35N7O. The third-order valence-corrected chi connectivity index (χ3v) is 5.84. The van der Waals surface area contributed by atoms with Gasteiger partial charge >= 0.3 is 0 Å². The van der Waals surface area contributed by atoms with Crippen LogP contribution in [0.25, 0.3) is 0 Å². The fraction of sp³-hybridized carbons (Fsp3) is 0.370. The number of carbonyl (C=O) groups is 1. The summed E-state index contributed by atoms with van der Waals surface area (Å²) < 4.78 is 0. The molecule has 184 valence electrons. The molecule has 3 N–H and O–H groups in total. The van der Waals surface area contributed by atoms with Crippen molar-refractivity contribution in [1.82, 2.24) is 20.2 Å². The Balaban J connectivity index is 1.44. The molecule has 0 atom stereocenters. The van der Waals surface area contributed by atoms with Crippen LogP contribution >= 0.6 is 0 Å². The smallest absolute Gasteiger partial charge is 0.251 e. The minimum absolute atomic E-state index is 0.108. The summed E-state index contributed by atoms with van der Waals surface area (Å²) in [5, 5.41) is 9.62. The third kappa shape index (κ3) is 6.70. The molecule has 0 radical (unpaired) electrons. The van der Waals surface area contributed by atoms with Crippen molar-refractivity contribution in [1.29, 1.82) is 0 Å². The molecular weight excluding hydrogens is 438 g/mol. The lowest BCUT2D eigenvalue weighted by molar-refractivity contribution is 0.0919. The van der Waals surface area contributed by atoms with Crippen LogP contribution in [-0.2, 0) is 0 Å². The zero-order valence-electron chi connectivity index (χ0n) is 21.2. The van der Waals surface area contributed by atoms with Crippen LogP contribution in [0.15, 0.2) is 54.7 Å². The molecule has 2 aromatic carbocycles. The van der Waals surface area contributed by atoms with Gasteiger partial charge in [0.15, 0.2) is 0 Å². The number of nitrogens with zero attached hydrogens (tertiary/aromatic N) is 4. The molecule has 0 unspecified atom stereocenters. The van der Waals surface area contributed by atoms with Crippen molar-refractivity contribution in [2.24, 2.45) is 0 Å². The zero-order chi connectivity index (χ0) is 25.0. The van der Waals surface area contributed by atoms with Crippen LogP contribution in [0.5, 0.6) is 0 Å². The van der Waals surface area contributed by atoms with Crippen LogP contribution in [0.3, 0.4) is 0 Å². The zero-order valence-corrected chi connectivity index (χ0v) is 21.2. The topological polar surface area (TPSA) is 85.4 Å². The lowest BCUT2D eigenvalue weighted by atomic mass is 10.1. The predicted octanol–water partition coefficient (Wildman–Crippen LogP) is 4.55. The summed E-state index contributed by atoms with van der Waals surface area (Å²) in [5.74, 6) is 1.08. The Bertz CT molecular complexity index is 1160. The van der Waals surface area contributed by atoms with E-state index in [-0.39, 0.29) is 11.4 Å². The van der Waals surface area contributed by atoms with Gasteiger partial charge in [-0.1, -0.05) is 6.07 Å². The minimum atomic E-state index is -0.299. The highest BCUT2D eigenvalue weighted by Gasteiger charge is 2.16. The summed E-state index contributed by atoms with van der Waals surface area (Å²) in [5.41, 5.74) is 4.15. The average molecular weight is 474 g/mol. The second kappa shape index (κ2) is 10.3. The summed E-state index contributed by atoms with van der Waals surface area (Å²) in [7, 11) is 2.16. The number of hydrogen-bond donors (Lipinski definition) is 3. The minimum Gasteiger partial charge on any atom is -0.369 e. The standard InChI is InChI=1S/C27H35N7O/c1-19-18-28-26(30-21-9-11-23(12-10-21)34-15-13-33(5)14-16-34)31-24(19)29-22-8-6-7-20(17-22)25(35)32-27(2,3)4/h6-12,17-18H,13-16H2,1-5H3,(H,32,35)(H2,28,29,30,31). The first-order chi connectivity index (χ1) is 16.7. The molecule has 3 aromatic rings. The van der Waals surface area contributed by atoms with Gasteiger partial charge in [-0.3, -0.25) is 4.79 Å². The van der Waals surface area contributed by atoms with E-state index < -0.39 is 0 Å². The molecule has 1 aromatic heterocycles. The molecule has 35 heavy (non-hydrogen) atoms. The fourth-order valence-electron chi connectivity index (χ4n) is 3.87. The van der Waals surface area contributed by atoms with E-state index in [1.807, 2.05) is 45.9 Å². The molecule has 0 aliphatic carbocycles. The summed E-state index contributed by atoms with van der Waals surface area (Å²) >= 11 is 0. The maximum Gasteiger partial charge on any atom is 0.251 e. The number of rotatable bonds is 6. The molecule has 0 spiro atoms. The van der Waals surface area contributed by atoms with E-state index in [1.54, 1.807) is 12.3 Å². The highest BCUT2D eigenvalue weighted by molar-refractivity contribution is 5.95. The SMILES string of the molecule is Cc1cnc(Nc2ccc(N3CCN(C)CC3)cc2)nc1Nc1cccc(C(=O)NC(C)(C)C)c1. The van der Waals surface area contributed by atoms with E-state index >= 15 is 0 Å². The molecule has 4 rings (SSSR count). The van der Waals surface area contributed by atoms with Crippen molar-refractivity contribution in [2.75, 3.05) is 48.8 Å². The van der Waals surface area contributed by atoms with Crippen molar-refractivity contribution in [3.05, 3.63) is 65.9 Å². The lowest BCUT2D eigenvalue weighted by Crippen LogP contribution is -2.44. The van der Waals surface area contributed by atoms with Gasteiger partial charge in [0.1, 0.15) is 5.82 Å². The van der Waals surface area contributed by atoms with Crippen molar-refractivity contribution in [2.45, 2.75) is 33.2 Å². The quantitative estimate of drug-likeness (QED) is 0.484. The first-order valence-corrected chi connectivity index (χ1v) is 12.0. The number of hydrogen-bond acceptors (Lipinski definition) is 7. The van der Waals surface area contributed by atoms with Crippen molar-refractivity contribution in [3.63, 3.8) is 0 Å². The summed E-state index contributed by atoms with van der Waals surface area (Å²) in [6, 6.07) is 15.8. The lowest BCUT2D eigenvalue weighted by Gasteiger charge is -2.34. The fourth-order valence-corrected chi connectivity index (χ4v) is 3.87. The molecule has 2 heterocycles. The predicted molar refractivity (Wildman–Crippen MR) is 143 cm³/mol. The first kappa shape index (κ1) is 24.5. The summed E-state index contributed by atoms with van der Waals surface area (Å²) in [6.45, 7) is 12.1. The molecule has 8 nitrogen and oxygen atoms in total. The average Bonchev–Trinajstić information content (AvgIpc) is 2.81. The van der Waals surface area contributed by atoms with E-state index in [0.29, 0.717) is 17.3 Å². The van der Waals surface area contributed by atoms with Gasteiger partial charge in [0, 0.05) is 66.1 Å². The van der Waals surface area contributed by atoms with E-state index in [4.69, 9.17) is 0 Å². The second-order valence-electron chi connectivity index (χ2n) is 10.1. The van der Waals surface area contributed by atoms with E-state index in [0.717, 1.165) is 43.1 Å². The molecule has 0 bridgehead atoms. The Morgan fingerprint density at radius 1 is 0.943 bits per heavy atom. The number of piperazine rings is 1. The van der Waals surface area contributed by atoms with E-state index in [1.165, 1.54) is 5.69 Å². The van der Waals surface area contributed by atoms with Crippen molar-refractivity contribution in [3.8, 4) is 0 Å². The molecule has 1 saturated heterocycles. The van der Waals surface area contributed by atoms with Gasteiger partial charge in [0.05, 0.1) is 0 Å². The van der Waals surface area contributed by atoms with Gasteiger partial charge in [-0.2, -0.15) is 4.98 Å². The third-order valence-electron chi connectivity index (χ3n) is 5.84. The molecule has 1 aliphatic rings. The highest BCUT2D eigenvalue weighted by Crippen LogP contribution is 2.24. The van der Waals surface area contributed by atoms with Crippen molar-refractivity contribution >= 4 is 34.7 Å². The van der Waals surface area contributed by atoms with Gasteiger partial charge in [0.25, 0.3) is 5.91 Å². The first-order valence-electron chi connectivity index (χ1n) is 12.0. The number of nitrogens with one attached hydrogen (secondary N) is 3. The van der Waals surface area contributed by atoms with E-state index in [9.17, 15) is 4.79 Å². The van der Waals surface area contributed by atoms with Crippen LogP contribution in [0.2, 0.25) is 0 Å².